The Morgan fingerprint density at radius 1 is 1.06 bits per heavy atom. The fourth-order valence-electron chi connectivity index (χ4n) is 9.37. The van der Waals surface area contributed by atoms with E-state index in [2.05, 4.69) is 27.0 Å². The molecule has 6 heterocycles. The van der Waals surface area contributed by atoms with Crippen molar-refractivity contribution in [1.29, 1.82) is 0 Å². The number of carbonyl (C=O) groups excluding carboxylic acids is 1. The molecule has 12 nitrogen and oxygen atoms in total. The van der Waals surface area contributed by atoms with Crippen LogP contribution in [0.1, 0.15) is 97.8 Å². The predicted octanol–water partition coefficient (Wildman–Crippen LogP) is 3.78. The number of methoxy groups -OCH3 is 1. The average Bonchev–Trinajstić information content (AvgIpc) is 3.58. The minimum absolute atomic E-state index is 0.0277. The topological polar surface area (TPSA) is 168 Å². The largest absolute Gasteiger partial charge is 0.489 e. The van der Waals surface area contributed by atoms with E-state index >= 15 is 0 Å². The third kappa shape index (κ3) is 9.21. The molecule has 2 bridgehead atoms. The van der Waals surface area contributed by atoms with Gasteiger partial charge in [-0.15, -0.1) is 0 Å². The molecule has 0 amide bonds. The first-order valence-corrected chi connectivity index (χ1v) is 19.6. The van der Waals surface area contributed by atoms with Gasteiger partial charge in [0.25, 0.3) is 0 Å². The molecule has 0 aliphatic carbocycles. The van der Waals surface area contributed by atoms with Crippen molar-refractivity contribution >= 4 is 5.78 Å². The standard InChI is InChI=1S/C40H63NO11/c1-21-13-28(47-24(4)23(21)3)7-9-33-22(2)14-30(49-33)11-12-40(45)19-32(44)35-18-37(52-40)39-34(51-35)10-8-29(50-39)15-26(42)16-31-25(5)48-36(38(31)46-6)17-27(43)20-41/h18,21,24-25,27-34,36-39,43-45H,2-3,7-17,19-20,41H2,1,4-6H3/t21-,24-,25+,27+,28+,29-,30+,31+,32-,33+,34+,36-,37-,38-,39+,40+/m1/s1. The number of rotatable bonds is 14. The maximum absolute atomic E-state index is 13.4. The monoisotopic (exact) mass is 733 g/mol. The van der Waals surface area contributed by atoms with Crippen LogP contribution in [0.25, 0.3) is 0 Å². The van der Waals surface area contributed by atoms with Gasteiger partial charge >= 0.3 is 0 Å². The van der Waals surface area contributed by atoms with Crippen molar-refractivity contribution in [3.63, 3.8) is 0 Å². The number of aliphatic hydroxyl groups excluding tert-OH is 2. The highest BCUT2D eigenvalue weighted by atomic mass is 16.7. The van der Waals surface area contributed by atoms with Gasteiger partial charge < -0.3 is 54.2 Å². The first-order chi connectivity index (χ1) is 24.7. The van der Waals surface area contributed by atoms with E-state index in [1.807, 2.05) is 6.92 Å². The van der Waals surface area contributed by atoms with Crippen LogP contribution in [0.4, 0.5) is 0 Å². The molecule has 294 valence electrons. The fraction of sp³-hybridized carbons (Fsp3) is 0.825. The number of hydrogen-bond acceptors (Lipinski definition) is 12. The van der Waals surface area contributed by atoms with Crippen LogP contribution in [0.2, 0.25) is 0 Å². The molecule has 0 aromatic heterocycles. The van der Waals surface area contributed by atoms with E-state index in [0.717, 1.165) is 30.4 Å². The zero-order valence-corrected chi connectivity index (χ0v) is 31.5. The number of ether oxygens (including phenoxy) is 7. The van der Waals surface area contributed by atoms with Crippen LogP contribution < -0.4 is 5.73 Å². The molecule has 6 rings (SSSR count). The van der Waals surface area contributed by atoms with Gasteiger partial charge in [0, 0.05) is 51.7 Å². The van der Waals surface area contributed by atoms with E-state index < -0.39 is 30.2 Å². The third-order valence-electron chi connectivity index (χ3n) is 12.5. The molecule has 5 N–H and O–H groups in total. The Kier molecular flexibility index (Phi) is 13.0. The highest BCUT2D eigenvalue weighted by molar-refractivity contribution is 5.79. The molecule has 4 fully saturated rings. The van der Waals surface area contributed by atoms with Gasteiger partial charge in [-0.3, -0.25) is 4.79 Å². The Morgan fingerprint density at radius 3 is 2.58 bits per heavy atom. The van der Waals surface area contributed by atoms with Crippen molar-refractivity contribution in [1.82, 2.24) is 0 Å². The number of fused-ring (bicyclic) bond motifs is 3. The Labute approximate surface area is 309 Å². The molecule has 16 atom stereocenters. The minimum atomic E-state index is -1.62. The van der Waals surface area contributed by atoms with Gasteiger partial charge in [-0.05, 0) is 81.9 Å². The summed E-state index contributed by atoms with van der Waals surface area (Å²) in [5.41, 5.74) is 7.83. The summed E-state index contributed by atoms with van der Waals surface area (Å²) in [6.45, 7) is 14.8. The van der Waals surface area contributed by atoms with Gasteiger partial charge in [0.05, 0.1) is 54.9 Å². The summed E-state index contributed by atoms with van der Waals surface area (Å²) in [4.78, 5) is 13.4. The summed E-state index contributed by atoms with van der Waals surface area (Å²) in [6.07, 6.45) is 3.64. The highest BCUT2D eigenvalue weighted by Gasteiger charge is 2.50. The summed E-state index contributed by atoms with van der Waals surface area (Å²) in [5.74, 6) is -0.884. The molecule has 6 aliphatic rings. The van der Waals surface area contributed by atoms with Crippen LogP contribution in [0.15, 0.2) is 36.1 Å². The first kappa shape index (κ1) is 40.0. The minimum Gasteiger partial charge on any atom is -0.489 e. The second-order valence-electron chi connectivity index (χ2n) is 16.4. The molecule has 4 saturated heterocycles. The lowest BCUT2D eigenvalue weighted by Crippen LogP contribution is -2.52. The molecule has 0 radical (unpaired) electrons. The van der Waals surface area contributed by atoms with E-state index in [1.54, 1.807) is 13.2 Å². The molecule has 52 heavy (non-hydrogen) atoms. The van der Waals surface area contributed by atoms with E-state index in [-0.39, 0.29) is 98.9 Å². The van der Waals surface area contributed by atoms with Crippen molar-refractivity contribution < 1.29 is 53.3 Å². The van der Waals surface area contributed by atoms with Crippen LogP contribution in [0.3, 0.4) is 0 Å². The SMILES string of the molecule is C=C1C[C@H](CC[C@@]2(O)C[C@@H](O)C3=C[C@@H](O2)[C@H]2O[C@@H](CC(=O)C[C@@H]4[C@@H](OC)[C@@H](C[C@H](O)CN)O[C@H]4C)CC[C@@H]2O3)O[C@H]1CC[C@H]1C[C@@H](C)C(=C)[C@@H](C)O1. The van der Waals surface area contributed by atoms with Crippen LogP contribution in [-0.2, 0) is 38.0 Å². The first-order valence-electron chi connectivity index (χ1n) is 19.6. The molecule has 6 aliphatic heterocycles. The van der Waals surface area contributed by atoms with Crippen molar-refractivity contribution in [3.8, 4) is 0 Å². The number of aliphatic hydroxyl groups is 3. The average molecular weight is 734 g/mol. The Hall–Kier alpha value is -1.71. The van der Waals surface area contributed by atoms with Crippen LogP contribution in [0.5, 0.6) is 0 Å². The summed E-state index contributed by atoms with van der Waals surface area (Å²) >= 11 is 0. The van der Waals surface area contributed by atoms with Crippen LogP contribution in [-0.4, -0.2) is 120 Å². The van der Waals surface area contributed by atoms with E-state index in [9.17, 15) is 20.1 Å². The Bertz CT molecular complexity index is 1290. The van der Waals surface area contributed by atoms with Gasteiger partial charge in [0.1, 0.15) is 36.0 Å². The number of nitrogens with two attached hydrogens (primary N) is 1. The zero-order chi connectivity index (χ0) is 37.3. The Morgan fingerprint density at radius 2 is 1.85 bits per heavy atom. The van der Waals surface area contributed by atoms with Gasteiger partial charge in [0.15, 0.2) is 5.79 Å². The normalized spacial score (nSPS) is 44.1. The Balaban J connectivity index is 1.00. The molecule has 0 unspecified atom stereocenters. The lowest BCUT2D eigenvalue weighted by molar-refractivity contribution is -0.266. The number of hydrogen-bond donors (Lipinski definition) is 4. The third-order valence-corrected chi connectivity index (χ3v) is 12.5. The maximum atomic E-state index is 13.4. The van der Waals surface area contributed by atoms with Gasteiger partial charge in [-0.2, -0.15) is 0 Å². The zero-order valence-electron chi connectivity index (χ0n) is 31.5. The summed E-state index contributed by atoms with van der Waals surface area (Å²) in [5, 5.41) is 33.0. The quantitative estimate of drug-likeness (QED) is 0.191. The fourth-order valence-corrected chi connectivity index (χ4v) is 9.37. The molecule has 0 aromatic carbocycles. The molecule has 0 saturated carbocycles. The summed E-state index contributed by atoms with van der Waals surface area (Å²) in [7, 11) is 1.60. The molecular formula is C40H63NO11. The van der Waals surface area contributed by atoms with E-state index in [4.69, 9.17) is 38.9 Å². The van der Waals surface area contributed by atoms with Gasteiger partial charge in [-0.25, -0.2) is 0 Å². The van der Waals surface area contributed by atoms with Crippen molar-refractivity contribution in [2.45, 2.75) is 183 Å². The van der Waals surface area contributed by atoms with E-state index in [0.29, 0.717) is 43.8 Å². The molecular weight excluding hydrogens is 670 g/mol. The second kappa shape index (κ2) is 17.0. The lowest BCUT2D eigenvalue weighted by Gasteiger charge is -2.43. The number of ketones is 1. The number of carbonyl (C=O) groups is 1. The van der Waals surface area contributed by atoms with E-state index in [1.165, 1.54) is 0 Å². The van der Waals surface area contributed by atoms with Crippen molar-refractivity contribution in [3.05, 3.63) is 36.1 Å². The summed E-state index contributed by atoms with van der Waals surface area (Å²) < 4.78 is 43.5. The lowest BCUT2D eigenvalue weighted by atomic mass is 9.87. The van der Waals surface area contributed by atoms with Crippen molar-refractivity contribution in [2.75, 3.05) is 13.7 Å². The molecule has 0 aromatic rings. The van der Waals surface area contributed by atoms with Gasteiger partial charge in [-0.1, -0.05) is 20.1 Å². The predicted molar refractivity (Wildman–Crippen MR) is 192 cm³/mol. The molecule has 12 heteroatoms. The highest BCUT2D eigenvalue weighted by Crippen LogP contribution is 2.42. The summed E-state index contributed by atoms with van der Waals surface area (Å²) in [6, 6.07) is 0. The molecule has 0 spiro atoms. The maximum Gasteiger partial charge on any atom is 0.169 e. The number of Topliss-reactive ketones (excluding diaryl/α,β-unsaturated/α-hetero) is 1. The van der Waals surface area contributed by atoms with Crippen LogP contribution >= 0.6 is 0 Å². The smallest absolute Gasteiger partial charge is 0.169 e. The van der Waals surface area contributed by atoms with Gasteiger partial charge in [0.2, 0.25) is 0 Å². The van der Waals surface area contributed by atoms with Crippen molar-refractivity contribution in [2.24, 2.45) is 17.6 Å². The van der Waals surface area contributed by atoms with Crippen LogP contribution in [0, 0.1) is 11.8 Å². The second-order valence-corrected chi connectivity index (χ2v) is 16.4.